The van der Waals surface area contributed by atoms with Gasteiger partial charge >= 0.3 is 0 Å². The molecule has 0 bridgehead atoms. The predicted octanol–water partition coefficient (Wildman–Crippen LogP) is 0.410. The van der Waals surface area contributed by atoms with Gasteiger partial charge in [-0.15, -0.1) is 0 Å². The summed E-state index contributed by atoms with van der Waals surface area (Å²) in [5.74, 6) is 1.29. The van der Waals surface area contributed by atoms with Gasteiger partial charge in [-0.25, -0.2) is 9.97 Å². The average molecular weight is 208 g/mol. The Kier molecular flexibility index (Phi) is 3.01. The molecular weight excluding hydrogens is 192 g/mol. The monoisotopic (exact) mass is 208 g/mol. The normalized spacial score (nSPS) is 16.1. The van der Waals surface area contributed by atoms with Gasteiger partial charge in [-0.05, 0) is 19.3 Å². The summed E-state index contributed by atoms with van der Waals surface area (Å²) in [6, 6.07) is 2.26. The Balaban J connectivity index is 2.15. The number of rotatable bonds is 4. The first-order chi connectivity index (χ1) is 7.31. The minimum absolute atomic E-state index is 0.139. The lowest BCUT2D eigenvalue weighted by Gasteiger charge is -2.38. The maximum Gasteiger partial charge on any atom is 0.134 e. The molecular formula is C10H16N4O. The maximum absolute atomic E-state index is 9.02. The predicted molar refractivity (Wildman–Crippen MR) is 58.5 cm³/mol. The van der Waals surface area contributed by atoms with Gasteiger partial charge < -0.3 is 15.7 Å². The van der Waals surface area contributed by atoms with E-state index in [0.29, 0.717) is 18.4 Å². The molecule has 0 spiro atoms. The molecule has 0 atom stereocenters. The van der Waals surface area contributed by atoms with Crippen molar-refractivity contribution in [3.05, 3.63) is 12.4 Å². The Morgan fingerprint density at radius 3 is 2.80 bits per heavy atom. The van der Waals surface area contributed by atoms with Gasteiger partial charge in [0.2, 0.25) is 0 Å². The van der Waals surface area contributed by atoms with Crippen molar-refractivity contribution >= 4 is 11.6 Å². The molecule has 0 amide bonds. The van der Waals surface area contributed by atoms with E-state index in [1.165, 1.54) is 25.6 Å². The Bertz CT molecular complexity index is 327. The fraction of sp³-hybridized carbons (Fsp3) is 0.600. The van der Waals surface area contributed by atoms with Crippen LogP contribution in [0.3, 0.4) is 0 Å². The van der Waals surface area contributed by atoms with E-state index < -0.39 is 0 Å². The minimum atomic E-state index is 0.139. The molecule has 0 aromatic carbocycles. The summed E-state index contributed by atoms with van der Waals surface area (Å²) in [6.45, 7) is 0.752. The SMILES string of the molecule is Nc1cc(N(CCO)C2CCC2)ncn1. The molecule has 1 aromatic rings. The van der Waals surface area contributed by atoms with Crippen LogP contribution >= 0.6 is 0 Å². The molecule has 5 heteroatoms. The van der Waals surface area contributed by atoms with Gasteiger partial charge in [0.05, 0.1) is 6.61 Å². The third-order valence-electron chi connectivity index (χ3n) is 2.82. The topological polar surface area (TPSA) is 75.3 Å². The van der Waals surface area contributed by atoms with Gasteiger partial charge in [0, 0.05) is 18.7 Å². The summed E-state index contributed by atoms with van der Waals surface area (Å²) in [5, 5.41) is 9.02. The summed E-state index contributed by atoms with van der Waals surface area (Å²) in [4.78, 5) is 10.2. The quantitative estimate of drug-likeness (QED) is 0.749. The van der Waals surface area contributed by atoms with Gasteiger partial charge in [-0.3, -0.25) is 0 Å². The van der Waals surface area contributed by atoms with Gasteiger partial charge in [0.1, 0.15) is 18.0 Å². The first-order valence-corrected chi connectivity index (χ1v) is 5.26. The minimum Gasteiger partial charge on any atom is -0.395 e. The van der Waals surface area contributed by atoms with E-state index in [9.17, 15) is 0 Å². The van der Waals surface area contributed by atoms with Gasteiger partial charge in [0.25, 0.3) is 0 Å². The lowest BCUT2D eigenvalue weighted by Crippen LogP contribution is -2.42. The number of aliphatic hydroxyl groups is 1. The molecule has 5 nitrogen and oxygen atoms in total. The highest BCUT2D eigenvalue weighted by Crippen LogP contribution is 2.28. The van der Waals surface area contributed by atoms with Gasteiger partial charge in [0.15, 0.2) is 0 Å². The largest absolute Gasteiger partial charge is 0.395 e. The van der Waals surface area contributed by atoms with Gasteiger partial charge in [-0.1, -0.05) is 0 Å². The zero-order valence-corrected chi connectivity index (χ0v) is 8.63. The molecule has 0 saturated heterocycles. The number of aliphatic hydroxyl groups excluding tert-OH is 1. The number of nitrogens with two attached hydrogens (primary N) is 1. The van der Waals surface area contributed by atoms with E-state index in [4.69, 9.17) is 10.8 Å². The van der Waals surface area contributed by atoms with Crippen LogP contribution in [0.1, 0.15) is 19.3 Å². The molecule has 0 unspecified atom stereocenters. The van der Waals surface area contributed by atoms with Crippen LogP contribution in [-0.4, -0.2) is 34.3 Å². The Labute approximate surface area is 88.9 Å². The van der Waals surface area contributed by atoms with E-state index in [2.05, 4.69) is 14.9 Å². The Morgan fingerprint density at radius 1 is 1.47 bits per heavy atom. The molecule has 1 saturated carbocycles. The lowest BCUT2D eigenvalue weighted by atomic mass is 9.91. The summed E-state index contributed by atoms with van der Waals surface area (Å²) in [6.07, 6.45) is 5.06. The number of hydrogen-bond acceptors (Lipinski definition) is 5. The zero-order valence-electron chi connectivity index (χ0n) is 8.63. The second-order valence-corrected chi connectivity index (χ2v) is 3.80. The number of aromatic nitrogens is 2. The summed E-state index contributed by atoms with van der Waals surface area (Å²) < 4.78 is 0. The van der Waals surface area contributed by atoms with Crippen LogP contribution in [0.5, 0.6) is 0 Å². The van der Waals surface area contributed by atoms with Gasteiger partial charge in [-0.2, -0.15) is 0 Å². The van der Waals surface area contributed by atoms with Crippen molar-refractivity contribution in [2.75, 3.05) is 23.8 Å². The number of hydrogen-bond donors (Lipinski definition) is 2. The Hall–Kier alpha value is -1.36. The Morgan fingerprint density at radius 2 is 2.27 bits per heavy atom. The van der Waals surface area contributed by atoms with Crippen molar-refractivity contribution in [1.29, 1.82) is 0 Å². The van der Waals surface area contributed by atoms with E-state index in [0.717, 1.165) is 5.82 Å². The number of nitrogen functional groups attached to an aromatic ring is 1. The number of nitrogens with zero attached hydrogens (tertiary/aromatic N) is 3. The van der Waals surface area contributed by atoms with Crippen LogP contribution in [0.25, 0.3) is 0 Å². The molecule has 1 aliphatic carbocycles. The van der Waals surface area contributed by atoms with Crippen LogP contribution in [0.4, 0.5) is 11.6 Å². The van der Waals surface area contributed by atoms with E-state index in [-0.39, 0.29) is 6.61 Å². The van der Waals surface area contributed by atoms with Crippen molar-refractivity contribution in [2.45, 2.75) is 25.3 Å². The standard InChI is InChI=1S/C10H16N4O/c11-9-6-10(13-7-12-9)14(4-5-15)8-2-1-3-8/h6-8,15H,1-5H2,(H2,11,12,13). The van der Waals surface area contributed by atoms with E-state index in [1.807, 2.05) is 0 Å². The van der Waals surface area contributed by atoms with Crippen LogP contribution in [-0.2, 0) is 0 Å². The molecule has 1 aromatic heterocycles. The summed E-state index contributed by atoms with van der Waals surface area (Å²) >= 11 is 0. The summed E-state index contributed by atoms with van der Waals surface area (Å²) in [7, 11) is 0. The molecule has 0 radical (unpaired) electrons. The van der Waals surface area contributed by atoms with E-state index in [1.54, 1.807) is 6.07 Å². The highest BCUT2D eigenvalue weighted by atomic mass is 16.3. The van der Waals surface area contributed by atoms with Crippen molar-refractivity contribution in [3.63, 3.8) is 0 Å². The fourth-order valence-corrected chi connectivity index (χ4v) is 1.81. The molecule has 0 aliphatic heterocycles. The maximum atomic E-state index is 9.02. The third kappa shape index (κ3) is 2.18. The molecule has 2 rings (SSSR count). The molecule has 1 fully saturated rings. The smallest absolute Gasteiger partial charge is 0.134 e. The van der Waals surface area contributed by atoms with Crippen LogP contribution in [0.15, 0.2) is 12.4 Å². The zero-order chi connectivity index (χ0) is 10.7. The average Bonchev–Trinajstić information content (AvgIpc) is 2.14. The second-order valence-electron chi connectivity index (χ2n) is 3.80. The highest BCUT2D eigenvalue weighted by Gasteiger charge is 2.25. The van der Waals surface area contributed by atoms with Crippen LogP contribution in [0, 0.1) is 0 Å². The summed E-state index contributed by atoms with van der Waals surface area (Å²) in [5.41, 5.74) is 5.61. The third-order valence-corrected chi connectivity index (χ3v) is 2.82. The molecule has 1 aliphatic rings. The number of anilines is 2. The van der Waals surface area contributed by atoms with E-state index >= 15 is 0 Å². The fourth-order valence-electron chi connectivity index (χ4n) is 1.81. The lowest BCUT2D eigenvalue weighted by molar-refractivity contribution is 0.283. The van der Waals surface area contributed by atoms with Crippen molar-refractivity contribution in [1.82, 2.24) is 9.97 Å². The molecule has 82 valence electrons. The molecule has 1 heterocycles. The van der Waals surface area contributed by atoms with Crippen LogP contribution < -0.4 is 10.6 Å². The molecule has 3 N–H and O–H groups in total. The van der Waals surface area contributed by atoms with Crippen molar-refractivity contribution in [3.8, 4) is 0 Å². The second kappa shape index (κ2) is 4.44. The van der Waals surface area contributed by atoms with Crippen LogP contribution in [0.2, 0.25) is 0 Å². The highest BCUT2D eigenvalue weighted by molar-refractivity contribution is 5.47. The first kappa shape index (κ1) is 10.2. The first-order valence-electron chi connectivity index (χ1n) is 5.26. The molecule has 15 heavy (non-hydrogen) atoms. The van der Waals surface area contributed by atoms with Crippen molar-refractivity contribution < 1.29 is 5.11 Å². The van der Waals surface area contributed by atoms with Crippen molar-refractivity contribution in [2.24, 2.45) is 0 Å².